The van der Waals surface area contributed by atoms with Gasteiger partial charge in [-0.3, -0.25) is 4.79 Å². The summed E-state index contributed by atoms with van der Waals surface area (Å²) < 4.78 is 17.4. The second kappa shape index (κ2) is 9.60. The van der Waals surface area contributed by atoms with E-state index in [0.717, 1.165) is 19.3 Å². The first-order valence-corrected chi connectivity index (χ1v) is 12.3. The van der Waals surface area contributed by atoms with Crippen LogP contribution in [0.4, 0.5) is 0 Å². The molecule has 1 heterocycles. The summed E-state index contributed by atoms with van der Waals surface area (Å²) in [5, 5.41) is 10.6. The van der Waals surface area contributed by atoms with Crippen molar-refractivity contribution in [2.75, 3.05) is 6.61 Å². The van der Waals surface area contributed by atoms with Crippen LogP contribution >= 0.6 is 0 Å². The van der Waals surface area contributed by atoms with Crippen LogP contribution in [0.5, 0.6) is 0 Å². The van der Waals surface area contributed by atoms with Gasteiger partial charge in [-0.2, -0.15) is 0 Å². The number of carbonyl (C=O) groups excluding carboxylic acids is 1. The van der Waals surface area contributed by atoms with Crippen molar-refractivity contribution in [1.82, 2.24) is 0 Å². The average molecular weight is 375 g/mol. The van der Waals surface area contributed by atoms with Gasteiger partial charge in [-0.25, -0.2) is 0 Å². The van der Waals surface area contributed by atoms with Crippen LogP contribution in [0.15, 0.2) is 0 Å². The van der Waals surface area contributed by atoms with Crippen LogP contribution in [0.1, 0.15) is 66.7 Å². The molecule has 1 aliphatic heterocycles. The number of aliphatic hydroxyl groups is 1. The monoisotopic (exact) mass is 374 g/mol. The van der Waals surface area contributed by atoms with Crippen molar-refractivity contribution in [3.8, 4) is 0 Å². The average Bonchev–Trinajstić information content (AvgIpc) is 2.79. The summed E-state index contributed by atoms with van der Waals surface area (Å²) in [7, 11) is -1.38. The maximum atomic E-state index is 12.2. The first-order chi connectivity index (χ1) is 11.4. The number of hydrogen-bond donors (Lipinski definition) is 1. The minimum atomic E-state index is -1.38. The van der Waals surface area contributed by atoms with Crippen molar-refractivity contribution in [2.45, 2.75) is 104 Å². The Hall–Kier alpha value is -0.273. The third-order valence-electron chi connectivity index (χ3n) is 4.27. The number of carbonyl (C=O) groups is 1. The van der Waals surface area contributed by atoms with Crippen LogP contribution in [0, 0.1) is 5.41 Å². The molecule has 0 saturated carbocycles. The molecular formula is C19H38O5Si. The quantitative estimate of drug-likeness (QED) is 0.469. The Balaban J connectivity index is 2.49. The van der Waals surface area contributed by atoms with Crippen LogP contribution in [-0.2, 0) is 18.7 Å². The molecule has 3 atom stereocenters. The van der Waals surface area contributed by atoms with E-state index >= 15 is 0 Å². The number of ether oxygens (including phenoxy) is 2. The van der Waals surface area contributed by atoms with Crippen molar-refractivity contribution >= 4 is 14.8 Å². The molecule has 0 radical (unpaired) electrons. The van der Waals surface area contributed by atoms with Crippen LogP contribution < -0.4 is 0 Å². The SMILES string of the molecule is C[SiH](C)OC(C(O)CC(=O)CCCCC(C)(C)C)C1COC(C)(C)O1. The van der Waals surface area contributed by atoms with E-state index in [1.807, 2.05) is 13.8 Å². The Labute approximate surface area is 155 Å². The Bertz CT molecular complexity index is 417. The van der Waals surface area contributed by atoms with Gasteiger partial charge >= 0.3 is 0 Å². The number of Topliss-reactive ketones (excluding diaryl/α,β-unsaturated/α-hetero) is 1. The highest BCUT2D eigenvalue weighted by atomic mass is 28.3. The van der Waals surface area contributed by atoms with Gasteiger partial charge in [0.05, 0.1) is 18.8 Å². The van der Waals surface area contributed by atoms with Gasteiger partial charge in [-0.15, -0.1) is 0 Å². The fraction of sp³-hybridized carbons (Fsp3) is 0.947. The number of unbranched alkanes of at least 4 members (excludes halogenated alkanes) is 1. The van der Waals surface area contributed by atoms with Gasteiger partial charge in [0.25, 0.3) is 0 Å². The molecule has 0 aromatic rings. The molecule has 5 nitrogen and oxygen atoms in total. The summed E-state index contributed by atoms with van der Waals surface area (Å²) in [6.45, 7) is 14.8. The summed E-state index contributed by atoms with van der Waals surface area (Å²) in [6, 6.07) is 0. The highest BCUT2D eigenvalue weighted by Gasteiger charge is 2.41. The van der Waals surface area contributed by atoms with E-state index in [0.29, 0.717) is 18.4 Å². The van der Waals surface area contributed by atoms with Crippen LogP contribution in [0.3, 0.4) is 0 Å². The van der Waals surface area contributed by atoms with Crippen molar-refractivity contribution in [3.05, 3.63) is 0 Å². The van der Waals surface area contributed by atoms with Gasteiger partial charge in [0, 0.05) is 12.8 Å². The van der Waals surface area contributed by atoms with Crippen molar-refractivity contribution in [2.24, 2.45) is 5.41 Å². The molecule has 25 heavy (non-hydrogen) atoms. The topological polar surface area (TPSA) is 65.0 Å². The van der Waals surface area contributed by atoms with Crippen LogP contribution in [0.2, 0.25) is 13.1 Å². The van der Waals surface area contributed by atoms with Gasteiger partial charge in [0.15, 0.2) is 14.8 Å². The molecule has 6 heteroatoms. The standard InChI is InChI=1S/C19H38O5Si/c1-18(2,3)11-9-8-10-14(20)12-15(21)17(24-25(6)7)16-13-22-19(4,5)23-16/h15-17,21,25H,8-13H2,1-7H3. The minimum Gasteiger partial charge on any atom is -0.412 e. The normalized spacial score (nSPS) is 23.0. The van der Waals surface area contributed by atoms with E-state index in [1.165, 1.54) is 0 Å². The molecule has 1 fully saturated rings. The lowest BCUT2D eigenvalue weighted by atomic mass is 9.89. The highest BCUT2D eigenvalue weighted by molar-refractivity contribution is 6.48. The van der Waals surface area contributed by atoms with Crippen molar-refractivity contribution < 1.29 is 23.8 Å². The summed E-state index contributed by atoms with van der Waals surface area (Å²) in [5.41, 5.74) is 0.302. The lowest BCUT2D eigenvalue weighted by Crippen LogP contribution is -2.45. The van der Waals surface area contributed by atoms with E-state index in [4.69, 9.17) is 13.9 Å². The second-order valence-electron chi connectivity index (χ2n) is 9.09. The van der Waals surface area contributed by atoms with Gasteiger partial charge in [0.2, 0.25) is 0 Å². The molecule has 1 N–H and O–H groups in total. The lowest BCUT2D eigenvalue weighted by molar-refractivity contribution is -0.158. The minimum absolute atomic E-state index is 0.0959. The largest absolute Gasteiger partial charge is 0.412 e. The second-order valence-corrected chi connectivity index (χ2v) is 11.5. The first-order valence-electron chi connectivity index (χ1n) is 9.56. The number of hydrogen-bond acceptors (Lipinski definition) is 5. The molecular weight excluding hydrogens is 336 g/mol. The molecule has 0 aromatic heterocycles. The Kier molecular flexibility index (Phi) is 8.74. The van der Waals surface area contributed by atoms with Crippen LogP contribution in [-0.4, -0.2) is 50.6 Å². The molecule has 148 valence electrons. The predicted octanol–water partition coefficient (Wildman–Crippen LogP) is 3.43. The number of aliphatic hydroxyl groups excluding tert-OH is 1. The van der Waals surface area contributed by atoms with Crippen LogP contribution in [0.25, 0.3) is 0 Å². The van der Waals surface area contributed by atoms with E-state index < -0.39 is 27.0 Å². The van der Waals surface area contributed by atoms with E-state index in [2.05, 4.69) is 33.9 Å². The molecule has 0 spiro atoms. The summed E-state index contributed by atoms with van der Waals surface area (Å²) in [5.74, 6) is -0.569. The van der Waals surface area contributed by atoms with E-state index in [1.54, 1.807) is 0 Å². The Morgan fingerprint density at radius 3 is 2.44 bits per heavy atom. The first kappa shape index (κ1) is 22.8. The van der Waals surface area contributed by atoms with Gasteiger partial charge in [-0.1, -0.05) is 27.2 Å². The van der Waals surface area contributed by atoms with E-state index in [-0.39, 0.29) is 18.3 Å². The summed E-state index contributed by atoms with van der Waals surface area (Å²) in [4.78, 5) is 12.2. The zero-order valence-electron chi connectivity index (χ0n) is 17.1. The fourth-order valence-corrected chi connectivity index (χ4v) is 4.03. The Morgan fingerprint density at radius 1 is 1.32 bits per heavy atom. The number of rotatable bonds is 10. The lowest BCUT2D eigenvalue weighted by Gasteiger charge is -2.30. The third kappa shape index (κ3) is 9.29. The summed E-state index contributed by atoms with van der Waals surface area (Å²) in [6.07, 6.45) is 2.01. The number of ketones is 1. The van der Waals surface area contributed by atoms with Crippen molar-refractivity contribution in [1.29, 1.82) is 0 Å². The fourth-order valence-electron chi connectivity index (χ4n) is 3.05. The zero-order chi connectivity index (χ0) is 19.3. The maximum Gasteiger partial charge on any atom is 0.171 e. The Morgan fingerprint density at radius 2 is 1.96 bits per heavy atom. The van der Waals surface area contributed by atoms with Crippen molar-refractivity contribution in [3.63, 3.8) is 0 Å². The van der Waals surface area contributed by atoms with Gasteiger partial charge < -0.3 is 19.0 Å². The maximum absolute atomic E-state index is 12.2. The highest BCUT2D eigenvalue weighted by Crippen LogP contribution is 2.28. The molecule has 0 bridgehead atoms. The molecule has 1 aliphatic rings. The van der Waals surface area contributed by atoms with Gasteiger partial charge in [-0.05, 0) is 45.2 Å². The smallest absolute Gasteiger partial charge is 0.171 e. The third-order valence-corrected chi connectivity index (χ3v) is 5.13. The summed E-state index contributed by atoms with van der Waals surface area (Å²) >= 11 is 0. The molecule has 0 aromatic carbocycles. The van der Waals surface area contributed by atoms with Gasteiger partial charge in [0.1, 0.15) is 11.9 Å². The van der Waals surface area contributed by atoms with E-state index in [9.17, 15) is 9.90 Å². The molecule has 0 amide bonds. The molecule has 0 aliphatic carbocycles. The predicted molar refractivity (Wildman–Crippen MR) is 102 cm³/mol. The zero-order valence-corrected chi connectivity index (χ0v) is 18.3. The molecule has 3 unspecified atom stereocenters. The molecule has 1 saturated heterocycles. The molecule has 1 rings (SSSR count).